The Morgan fingerprint density at radius 1 is 1.07 bits per heavy atom. The molecule has 0 aliphatic heterocycles. The fourth-order valence-corrected chi connectivity index (χ4v) is 3.82. The lowest BCUT2D eigenvalue weighted by Crippen LogP contribution is -2.35. The number of carbonyl (C=O) groups is 2. The number of nitrogens with one attached hydrogen (secondary N) is 2. The fraction of sp³-hybridized carbons (Fsp3) is 0.300. The van der Waals surface area contributed by atoms with Gasteiger partial charge in [-0.25, -0.2) is 13.1 Å². The lowest BCUT2D eigenvalue weighted by molar-refractivity contribution is -0.116. The molecule has 0 spiro atoms. The predicted molar refractivity (Wildman–Crippen MR) is 106 cm³/mol. The monoisotopic (exact) mass is 401 g/mol. The molecule has 0 heterocycles. The number of likely N-dealkylation sites (N-methyl/N-ethyl adjacent to an activating group) is 1. The van der Waals surface area contributed by atoms with Gasteiger partial charge in [0.05, 0.1) is 11.4 Å². The van der Waals surface area contributed by atoms with E-state index in [1.165, 1.54) is 36.2 Å². The zero-order valence-corrected chi connectivity index (χ0v) is 16.4. The number of para-hydroxylation sites is 1. The minimum absolute atomic E-state index is 0.0427. The number of carbonyl (C=O) groups excluding carboxylic acids is 2. The SMILES string of the molecule is CN(CC(=O)Nc1ccccc1)C(=O)c1cccc(S(=O)(=O)NCC2CC2)c1. The first-order valence-electron chi connectivity index (χ1n) is 9.05. The molecule has 3 rings (SSSR count). The van der Waals surface area contributed by atoms with Crippen molar-refractivity contribution >= 4 is 27.5 Å². The van der Waals surface area contributed by atoms with E-state index in [1.54, 1.807) is 24.3 Å². The molecular weight excluding hydrogens is 378 g/mol. The minimum atomic E-state index is -3.66. The van der Waals surface area contributed by atoms with Gasteiger partial charge in [0, 0.05) is 24.8 Å². The number of rotatable bonds is 8. The third-order valence-electron chi connectivity index (χ3n) is 4.44. The van der Waals surface area contributed by atoms with E-state index in [0.29, 0.717) is 18.2 Å². The van der Waals surface area contributed by atoms with Crippen LogP contribution in [0.25, 0.3) is 0 Å². The Hall–Kier alpha value is -2.71. The Kier molecular flexibility index (Phi) is 6.11. The van der Waals surface area contributed by atoms with E-state index in [1.807, 2.05) is 6.07 Å². The quantitative estimate of drug-likeness (QED) is 0.708. The number of nitrogens with zero attached hydrogens (tertiary/aromatic N) is 1. The molecule has 8 heteroatoms. The summed E-state index contributed by atoms with van der Waals surface area (Å²) in [6.07, 6.45) is 2.08. The molecular formula is C20H23N3O4S. The second-order valence-corrected chi connectivity index (χ2v) is 8.67. The first-order chi connectivity index (χ1) is 13.3. The minimum Gasteiger partial charge on any atom is -0.332 e. The van der Waals surface area contributed by atoms with E-state index in [-0.39, 0.29) is 22.9 Å². The summed E-state index contributed by atoms with van der Waals surface area (Å²) in [5.41, 5.74) is 0.854. The van der Waals surface area contributed by atoms with E-state index in [2.05, 4.69) is 10.0 Å². The van der Waals surface area contributed by atoms with Gasteiger partial charge in [-0.1, -0.05) is 24.3 Å². The van der Waals surface area contributed by atoms with Gasteiger partial charge in [-0.3, -0.25) is 9.59 Å². The molecule has 7 nitrogen and oxygen atoms in total. The van der Waals surface area contributed by atoms with Crippen LogP contribution in [0.4, 0.5) is 5.69 Å². The Morgan fingerprint density at radius 3 is 2.46 bits per heavy atom. The van der Waals surface area contributed by atoms with Crippen LogP contribution in [0, 0.1) is 5.92 Å². The summed E-state index contributed by atoms with van der Waals surface area (Å²) in [4.78, 5) is 26.0. The summed E-state index contributed by atoms with van der Waals surface area (Å²) in [5, 5.41) is 2.71. The highest BCUT2D eigenvalue weighted by Crippen LogP contribution is 2.28. The summed E-state index contributed by atoms with van der Waals surface area (Å²) in [5.74, 6) is -0.353. The zero-order chi connectivity index (χ0) is 20.1. The van der Waals surface area contributed by atoms with Crippen molar-refractivity contribution in [3.63, 3.8) is 0 Å². The molecule has 28 heavy (non-hydrogen) atoms. The average molecular weight is 401 g/mol. The van der Waals surface area contributed by atoms with E-state index < -0.39 is 15.9 Å². The maximum absolute atomic E-state index is 12.6. The van der Waals surface area contributed by atoms with Crippen LogP contribution in [0.3, 0.4) is 0 Å². The number of hydrogen-bond acceptors (Lipinski definition) is 4. The van der Waals surface area contributed by atoms with Crippen molar-refractivity contribution in [2.75, 3.05) is 25.5 Å². The lowest BCUT2D eigenvalue weighted by atomic mass is 10.2. The summed E-state index contributed by atoms with van der Waals surface area (Å²) in [7, 11) is -2.16. The Bertz CT molecular complexity index is 956. The molecule has 148 valence electrons. The van der Waals surface area contributed by atoms with Gasteiger partial charge in [0.15, 0.2) is 0 Å². The van der Waals surface area contributed by atoms with Crippen molar-refractivity contribution in [1.82, 2.24) is 9.62 Å². The number of amides is 2. The van der Waals surface area contributed by atoms with Gasteiger partial charge in [0.2, 0.25) is 15.9 Å². The standard InChI is InChI=1S/C20H23N3O4S/c1-23(14-19(24)22-17-7-3-2-4-8-17)20(25)16-6-5-9-18(12-16)28(26,27)21-13-15-10-11-15/h2-9,12,15,21H,10-11,13-14H2,1H3,(H,22,24). The predicted octanol–water partition coefficient (Wildman–Crippen LogP) is 2.09. The molecule has 0 aromatic heterocycles. The van der Waals surface area contributed by atoms with E-state index in [4.69, 9.17) is 0 Å². The molecule has 2 aromatic carbocycles. The topological polar surface area (TPSA) is 95.6 Å². The van der Waals surface area contributed by atoms with Gasteiger partial charge in [-0.2, -0.15) is 0 Å². The van der Waals surface area contributed by atoms with Crippen LogP contribution >= 0.6 is 0 Å². The van der Waals surface area contributed by atoms with Crippen LogP contribution in [-0.2, 0) is 14.8 Å². The highest BCUT2D eigenvalue weighted by Gasteiger charge is 2.25. The maximum Gasteiger partial charge on any atom is 0.254 e. The van der Waals surface area contributed by atoms with Crippen LogP contribution in [0.2, 0.25) is 0 Å². The van der Waals surface area contributed by atoms with E-state index in [0.717, 1.165) is 12.8 Å². The van der Waals surface area contributed by atoms with Crippen LogP contribution in [0.15, 0.2) is 59.5 Å². The van der Waals surface area contributed by atoms with Crippen molar-refractivity contribution in [1.29, 1.82) is 0 Å². The molecule has 0 atom stereocenters. The number of anilines is 1. The van der Waals surface area contributed by atoms with Crippen LogP contribution in [0.1, 0.15) is 23.2 Å². The van der Waals surface area contributed by atoms with Crippen LogP contribution < -0.4 is 10.0 Å². The first-order valence-corrected chi connectivity index (χ1v) is 10.5. The van der Waals surface area contributed by atoms with Crippen molar-refractivity contribution in [3.05, 3.63) is 60.2 Å². The summed E-state index contributed by atoms with van der Waals surface area (Å²) >= 11 is 0. The summed E-state index contributed by atoms with van der Waals surface area (Å²) in [6, 6.07) is 14.8. The molecule has 1 saturated carbocycles. The summed E-state index contributed by atoms with van der Waals surface area (Å²) < 4.78 is 27.4. The molecule has 0 saturated heterocycles. The molecule has 0 radical (unpaired) electrons. The third-order valence-corrected chi connectivity index (χ3v) is 5.86. The lowest BCUT2D eigenvalue weighted by Gasteiger charge is -2.17. The van der Waals surface area contributed by atoms with Gasteiger partial charge in [0.25, 0.3) is 5.91 Å². The largest absolute Gasteiger partial charge is 0.332 e. The normalized spacial score (nSPS) is 13.8. The van der Waals surface area contributed by atoms with E-state index >= 15 is 0 Å². The molecule has 1 fully saturated rings. The van der Waals surface area contributed by atoms with Gasteiger partial charge in [0.1, 0.15) is 0 Å². The molecule has 2 aromatic rings. The second-order valence-electron chi connectivity index (χ2n) is 6.90. The maximum atomic E-state index is 12.6. The Morgan fingerprint density at radius 2 is 1.79 bits per heavy atom. The molecule has 1 aliphatic rings. The second kappa shape index (κ2) is 8.53. The van der Waals surface area contributed by atoms with Crippen molar-refractivity contribution in [2.24, 2.45) is 5.92 Å². The molecule has 1 aliphatic carbocycles. The van der Waals surface area contributed by atoms with Gasteiger partial charge < -0.3 is 10.2 Å². The fourth-order valence-electron chi connectivity index (χ4n) is 2.66. The zero-order valence-electron chi connectivity index (χ0n) is 15.6. The molecule has 2 amide bonds. The Balaban J connectivity index is 1.63. The highest BCUT2D eigenvalue weighted by molar-refractivity contribution is 7.89. The number of sulfonamides is 1. The van der Waals surface area contributed by atoms with Crippen LogP contribution in [0.5, 0.6) is 0 Å². The average Bonchev–Trinajstić information content (AvgIpc) is 3.51. The van der Waals surface area contributed by atoms with Crippen molar-refractivity contribution < 1.29 is 18.0 Å². The molecule has 2 N–H and O–H groups in total. The highest BCUT2D eigenvalue weighted by atomic mass is 32.2. The Labute approximate surface area is 164 Å². The van der Waals surface area contributed by atoms with E-state index in [9.17, 15) is 18.0 Å². The summed E-state index contributed by atoms with van der Waals surface area (Å²) in [6.45, 7) is 0.269. The van der Waals surface area contributed by atoms with Crippen LogP contribution in [-0.4, -0.2) is 45.3 Å². The molecule has 0 bridgehead atoms. The van der Waals surface area contributed by atoms with Crippen molar-refractivity contribution in [2.45, 2.75) is 17.7 Å². The molecule has 0 unspecified atom stereocenters. The van der Waals surface area contributed by atoms with Gasteiger partial charge >= 0.3 is 0 Å². The number of benzene rings is 2. The number of hydrogen-bond donors (Lipinski definition) is 2. The van der Waals surface area contributed by atoms with Gasteiger partial charge in [-0.05, 0) is 49.1 Å². The van der Waals surface area contributed by atoms with Gasteiger partial charge in [-0.15, -0.1) is 0 Å². The first kappa shape index (κ1) is 20.0. The third kappa shape index (κ3) is 5.40. The smallest absolute Gasteiger partial charge is 0.254 e. The van der Waals surface area contributed by atoms with Crippen molar-refractivity contribution in [3.8, 4) is 0 Å².